The van der Waals surface area contributed by atoms with E-state index in [1.165, 1.54) is 5.56 Å². The zero-order valence-corrected chi connectivity index (χ0v) is 20.5. The molecule has 0 saturated carbocycles. The molecule has 1 fully saturated rings. The second-order valence-corrected chi connectivity index (χ2v) is 9.58. The van der Waals surface area contributed by atoms with Gasteiger partial charge in [-0.1, -0.05) is 44.2 Å². The SMILES string of the molecule is Cc1cc(/C=C2/SC(=O)N(CC(=O)Nc3ccc(C(C)C)cc3)C2=O)c(C)n1-c1ccccc1. The van der Waals surface area contributed by atoms with Crippen molar-refractivity contribution in [3.05, 3.63) is 88.1 Å². The average molecular weight is 474 g/mol. The highest BCUT2D eigenvalue weighted by atomic mass is 32.2. The van der Waals surface area contributed by atoms with E-state index < -0.39 is 17.1 Å². The van der Waals surface area contributed by atoms with E-state index in [0.29, 0.717) is 16.5 Å². The molecule has 1 aromatic heterocycles. The van der Waals surface area contributed by atoms with Crippen LogP contribution in [0.5, 0.6) is 0 Å². The largest absolute Gasteiger partial charge is 0.325 e. The molecular formula is C27H27N3O3S. The molecule has 0 bridgehead atoms. The second kappa shape index (κ2) is 9.73. The first-order valence-electron chi connectivity index (χ1n) is 11.1. The molecule has 0 radical (unpaired) electrons. The van der Waals surface area contributed by atoms with Gasteiger partial charge < -0.3 is 9.88 Å². The summed E-state index contributed by atoms with van der Waals surface area (Å²) in [5, 5.41) is 2.32. The van der Waals surface area contributed by atoms with Crippen molar-refractivity contribution in [2.24, 2.45) is 0 Å². The number of rotatable bonds is 6. The Morgan fingerprint density at radius 3 is 2.35 bits per heavy atom. The molecule has 0 spiro atoms. The smallest absolute Gasteiger partial charge is 0.294 e. The van der Waals surface area contributed by atoms with Crippen LogP contribution in [0, 0.1) is 13.8 Å². The summed E-state index contributed by atoms with van der Waals surface area (Å²) in [6, 6.07) is 19.5. The van der Waals surface area contributed by atoms with Gasteiger partial charge in [0.15, 0.2) is 0 Å². The van der Waals surface area contributed by atoms with E-state index in [-0.39, 0.29) is 6.54 Å². The normalized spacial score (nSPS) is 15.0. The molecule has 1 aliphatic rings. The first-order valence-corrected chi connectivity index (χ1v) is 12.0. The molecule has 1 aliphatic heterocycles. The van der Waals surface area contributed by atoms with E-state index >= 15 is 0 Å². The molecular weight excluding hydrogens is 446 g/mol. The lowest BCUT2D eigenvalue weighted by Gasteiger charge is -2.13. The van der Waals surface area contributed by atoms with Gasteiger partial charge in [-0.25, -0.2) is 0 Å². The fraction of sp³-hybridized carbons (Fsp3) is 0.222. The minimum atomic E-state index is -0.454. The van der Waals surface area contributed by atoms with Crippen molar-refractivity contribution in [1.82, 2.24) is 9.47 Å². The van der Waals surface area contributed by atoms with Gasteiger partial charge >= 0.3 is 0 Å². The molecule has 0 unspecified atom stereocenters. The monoisotopic (exact) mass is 473 g/mol. The van der Waals surface area contributed by atoms with E-state index in [2.05, 4.69) is 23.7 Å². The van der Waals surface area contributed by atoms with Crippen molar-refractivity contribution in [2.75, 3.05) is 11.9 Å². The number of amides is 3. The second-order valence-electron chi connectivity index (χ2n) is 8.59. The molecule has 3 aromatic rings. The lowest BCUT2D eigenvalue weighted by Crippen LogP contribution is -2.36. The molecule has 7 heteroatoms. The molecule has 0 aliphatic carbocycles. The van der Waals surface area contributed by atoms with Crippen LogP contribution in [0.1, 0.15) is 42.3 Å². The van der Waals surface area contributed by atoms with E-state index in [1.54, 1.807) is 6.08 Å². The van der Waals surface area contributed by atoms with Crippen LogP contribution < -0.4 is 5.32 Å². The molecule has 6 nitrogen and oxygen atoms in total. The predicted octanol–water partition coefficient (Wildman–Crippen LogP) is 5.89. The summed E-state index contributed by atoms with van der Waals surface area (Å²) in [7, 11) is 0. The number of hydrogen-bond donors (Lipinski definition) is 1. The zero-order valence-electron chi connectivity index (χ0n) is 19.7. The molecule has 2 heterocycles. The Hall–Kier alpha value is -3.58. The number of benzene rings is 2. The number of nitrogens with one attached hydrogen (secondary N) is 1. The third-order valence-corrected chi connectivity index (χ3v) is 6.72. The molecule has 174 valence electrons. The summed E-state index contributed by atoms with van der Waals surface area (Å²) in [5.41, 5.74) is 5.69. The minimum Gasteiger partial charge on any atom is -0.325 e. The van der Waals surface area contributed by atoms with Crippen LogP contribution in [0.4, 0.5) is 10.5 Å². The molecule has 3 amide bonds. The molecule has 1 N–H and O–H groups in total. The number of imide groups is 1. The van der Waals surface area contributed by atoms with E-state index in [4.69, 9.17) is 0 Å². The standard InChI is InChI=1S/C27H27N3O3S/c1-17(2)20-10-12-22(13-11-20)28-25(31)16-29-26(32)24(34-27(29)33)15-21-14-18(3)30(19(21)4)23-8-6-5-7-9-23/h5-15,17H,16H2,1-4H3,(H,28,31)/b24-15+. The Balaban J connectivity index is 1.48. The first kappa shape index (κ1) is 23.6. The van der Waals surface area contributed by atoms with Crippen molar-refractivity contribution in [3.63, 3.8) is 0 Å². The summed E-state index contributed by atoms with van der Waals surface area (Å²) < 4.78 is 2.11. The number of aryl methyl sites for hydroxylation is 1. The third kappa shape index (κ3) is 4.84. The van der Waals surface area contributed by atoms with Gasteiger partial charge in [-0.05, 0) is 79.1 Å². The maximum atomic E-state index is 12.9. The van der Waals surface area contributed by atoms with Crippen LogP contribution in [0.3, 0.4) is 0 Å². The first-order chi connectivity index (χ1) is 16.2. The van der Waals surface area contributed by atoms with Gasteiger partial charge in [0.05, 0.1) is 4.91 Å². The highest BCUT2D eigenvalue weighted by Crippen LogP contribution is 2.33. The van der Waals surface area contributed by atoms with Gasteiger partial charge in [-0.3, -0.25) is 19.3 Å². The molecule has 0 atom stereocenters. The number of thioether (sulfide) groups is 1. The van der Waals surface area contributed by atoms with Gasteiger partial charge in [-0.2, -0.15) is 0 Å². The molecule has 4 rings (SSSR count). The number of carbonyl (C=O) groups is 3. The minimum absolute atomic E-state index is 0.312. The van der Waals surface area contributed by atoms with Crippen LogP contribution in [0.25, 0.3) is 11.8 Å². The fourth-order valence-corrected chi connectivity index (χ4v) is 4.81. The van der Waals surface area contributed by atoms with Gasteiger partial charge in [0.1, 0.15) is 6.54 Å². The van der Waals surface area contributed by atoms with E-state index in [0.717, 1.165) is 39.3 Å². The van der Waals surface area contributed by atoms with Gasteiger partial charge in [0.2, 0.25) is 5.91 Å². The maximum absolute atomic E-state index is 12.9. The van der Waals surface area contributed by atoms with Gasteiger partial charge in [-0.15, -0.1) is 0 Å². The number of anilines is 1. The van der Waals surface area contributed by atoms with Crippen LogP contribution >= 0.6 is 11.8 Å². The van der Waals surface area contributed by atoms with Crippen molar-refractivity contribution in [3.8, 4) is 5.69 Å². The summed E-state index contributed by atoms with van der Waals surface area (Å²) in [4.78, 5) is 39.3. The Labute approximate surface area is 203 Å². The highest BCUT2D eigenvalue weighted by Gasteiger charge is 2.36. The summed E-state index contributed by atoms with van der Waals surface area (Å²) in [6.45, 7) is 7.85. The van der Waals surface area contributed by atoms with E-state index in [1.807, 2.05) is 74.5 Å². The van der Waals surface area contributed by atoms with Crippen LogP contribution in [-0.4, -0.2) is 33.1 Å². The van der Waals surface area contributed by atoms with E-state index in [9.17, 15) is 14.4 Å². The van der Waals surface area contributed by atoms with Crippen LogP contribution in [0.15, 0.2) is 65.6 Å². The highest BCUT2D eigenvalue weighted by molar-refractivity contribution is 8.18. The molecule has 2 aromatic carbocycles. The fourth-order valence-electron chi connectivity index (χ4n) is 3.98. The molecule has 1 saturated heterocycles. The topological polar surface area (TPSA) is 71.4 Å². The number of hydrogen-bond acceptors (Lipinski definition) is 4. The van der Waals surface area contributed by atoms with Crippen molar-refractivity contribution >= 4 is 40.6 Å². The Morgan fingerprint density at radius 1 is 1.03 bits per heavy atom. The van der Waals surface area contributed by atoms with Crippen molar-refractivity contribution in [1.29, 1.82) is 0 Å². The van der Waals surface area contributed by atoms with Gasteiger partial charge in [0, 0.05) is 22.8 Å². The summed E-state index contributed by atoms with van der Waals surface area (Å²) in [5.74, 6) is -0.475. The summed E-state index contributed by atoms with van der Waals surface area (Å²) in [6.07, 6.45) is 1.73. The van der Waals surface area contributed by atoms with Crippen LogP contribution in [0.2, 0.25) is 0 Å². The molecule has 34 heavy (non-hydrogen) atoms. The zero-order chi connectivity index (χ0) is 24.4. The Bertz CT molecular complexity index is 1270. The van der Waals surface area contributed by atoms with Gasteiger partial charge in [0.25, 0.3) is 11.1 Å². The van der Waals surface area contributed by atoms with Crippen molar-refractivity contribution < 1.29 is 14.4 Å². The number of nitrogens with zero attached hydrogens (tertiary/aromatic N) is 2. The average Bonchev–Trinajstić information content (AvgIpc) is 3.23. The lowest BCUT2D eigenvalue weighted by atomic mass is 10.0. The predicted molar refractivity (Wildman–Crippen MR) is 137 cm³/mol. The number of carbonyl (C=O) groups excluding carboxylic acids is 3. The maximum Gasteiger partial charge on any atom is 0.294 e. The number of para-hydroxylation sites is 1. The van der Waals surface area contributed by atoms with Crippen LogP contribution in [-0.2, 0) is 9.59 Å². The lowest BCUT2D eigenvalue weighted by molar-refractivity contribution is -0.127. The number of aromatic nitrogens is 1. The Kier molecular flexibility index (Phi) is 6.75. The van der Waals surface area contributed by atoms with Crippen molar-refractivity contribution in [2.45, 2.75) is 33.6 Å². The quantitative estimate of drug-likeness (QED) is 0.453. The Morgan fingerprint density at radius 2 is 1.71 bits per heavy atom. The third-order valence-electron chi connectivity index (χ3n) is 5.81. The summed E-state index contributed by atoms with van der Waals surface area (Å²) >= 11 is 0.859.